The van der Waals surface area contributed by atoms with Crippen LogP contribution < -0.4 is 10.1 Å². The minimum absolute atomic E-state index is 0.217. The third-order valence-electron chi connectivity index (χ3n) is 3.74. The molecule has 1 aliphatic rings. The van der Waals surface area contributed by atoms with Crippen molar-refractivity contribution >= 4 is 5.69 Å². The van der Waals surface area contributed by atoms with Gasteiger partial charge in [-0.05, 0) is 51.7 Å². The molecule has 2 rings (SSSR count). The molecular formula is C16H25NO. The number of anilines is 1. The highest BCUT2D eigenvalue weighted by Crippen LogP contribution is 2.32. The molecule has 1 fully saturated rings. The number of nitrogens with one attached hydrogen (secondary N) is 1. The Balaban J connectivity index is 2.03. The Labute approximate surface area is 111 Å². The summed E-state index contributed by atoms with van der Waals surface area (Å²) in [6.07, 6.45) is 5.72. The molecule has 0 spiro atoms. The van der Waals surface area contributed by atoms with Gasteiger partial charge in [0, 0.05) is 6.04 Å². The topological polar surface area (TPSA) is 21.3 Å². The van der Waals surface area contributed by atoms with Crippen LogP contribution in [-0.4, -0.2) is 12.1 Å². The Kier molecular flexibility index (Phi) is 4.51. The highest BCUT2D eigenvalue weighted by atomic mass is 16.5. The Morgan fingerprint density at radius 1 is 1.11 bits per heavy atom. The van der Waals surface area contributed by atoms with E-state index in [0.29, 0.717) is 6.04 Å². The first-order valence-electron chi connectivity index (χ1n) is 7.19. The number of para-hydroxylation sites is 2. The van der Waals surface area contributed by atoms with E-state index in [-0.39, 0.29) is 6.10 Å². The summed E-state index contributed by atoms with van der Waals surface area (Å²) in [5.74, 6) is 1.79. The summed E-state index contributed by atoms with van der Waals surface area (Å²) in [5.41, 5.74) is 1.13. The smallest absolute Gasteiger partial charge is 0.142 e. The van der Waals surface area contributed by atoms with E-state index >= 15 is 0 Å². The minimum atomic E-state index is 0.217. The number of hydrogen-bond donors (Lipinski definition) is 1. The molecule has 2 nitrogen and oxygen atoms in total. The van der Waals surface area contributed by atoms with Gasteiger partial charge < -0.3 is 10.1 Å². The average Bonchev–Trinajstić information content (AvgIpc) is 2.84. The minimum Gasteiger partial charge on any atom is -0.489 e. The zero-order valence-electron chi connectivity index (χ0n) is 11.8. The van der Waals surface area contributed by atoms with E-state index in [4.69, 9.17) is 4.74 Å². The lowest BCUT2D eigenvalue weighted by atomic mass is 9.99. The van der Waals surface area contributed by atoms with E-state index in [0.717, 1.165) is 17.4 Å². The number of benzene rings is 1. The van der Waals surface area contributed by atoms with Crippen molar-refractivity contribution in [3.05, 3.63) is 24.3 Å². The first-order chi connectivity index (χ1) is 8.66. The highest BCUT2D eigenvalue weighted by molar-refractivity contribution is 5.56. The summed E-state index contributed by atoms with van der Waals surface area (Å²) < 4.78 is 5.85. The quantitative estimate of drug-likeness (QED) is 0.829. The Bertz CT molecular complexity index is 369. The Morgan fingerprint density at radius 3 is 2.44 bits per heavy atom. The normalized spacial score (nSPS) is 18.0. The van der Waals surface area contributed by atoms with Gasteiger partial charge >= 0.3 is 0 Å². The van der Waals surface area contributed by atoms with Gasteiger partial charge in [0.15, 0.2) is 0 Å². The van der Waals surface area contributed by atoms with Crippen LogP contribution in [0.4, 0.5) is 5.69 Å². The molecule has 0 heterocycles. The molecule has 0 aromatic heterocycles. The van der Waals surface area contributed by atoms with E-state index in [2.05, 4.69) is 38.2 Å². The zero-order chi connectivity index (χ0) is 13.0. The fraction of sp³-hybridized carbons (Fsp3) is 0.625. The molecule has 2 heteroatoms. The van der Waals surface area contributed by atoms with Crippen molar-refractivity contribution in [2.45, 2.75) is 58.6 Å². The summed E-state index contributed by atoms with van der Waals surface area (Å²) in [4.78, 5) is 0. The van der Waals surface area contributed by atoms with Crippen LogP contribution in [0.25, 0.3) is 0 Å². The second kappa shape index (κ2) is 6.12. The van der Waals surface area contributed by atoms with Gasteiger partial charge in [-0.25, -0.2) is 0 Å². The van der Waals surface area contributed by atoms with Crippen molar-refractivity contribution in [1.29, 1.82) is 0 Å². The maximum Gasteiger partial charge on any atom is 0.142 e. The molecule has 0 radical (unpaired) electrons. The molecule has 1 aromatic rings. The molecule has 100 valence electrons. The van der Waals surface area contributed by atoms with Crippen molar-refractivity contribution < 1.29 is 4.74 Å². The van der Waals surface area contributed by atoms with Gasteiger partial charge in [0.1, 0.15) is 5.75 Å². The van der Waals surface area contributed by atoms with Crippen LogP contribution in [0.3, 0.4) is 0 Å². The predicted octanol–water partition coefficient (Wildman–Crippen LogP) is 4.46. The molecule has 1 atom stereocenters. The van der Waals surface area contributed by atoms with E-state index in [1.54, 1.807) is 0 Å². The predicted molar refractivity (Wildman–Crippen MR) is 77.2 cm³/mol. The van der Waals surface area contributed by atoms with Gasteiger partial charge in [0.2, 0.25) is 0 Å². The molecule has 1 saturated carbocycles. The molecular weight excluding hydrogens is 222 g/mol. The monoisotopic (exact) mass is 247 g/mol. The summed E-state index contributed by atoms with van der Waals surface area (Å²) in [6.45, 7) is 6.43. The second-order valence-electron chi connectivity index (χ2n) is 5.64. The van der Waals surface area contributed by atoms with Crippen LogP contribution in [0, 0.1) is 5.92 Å². The van der Waals surface area contributed by atoms with Gasteiger partial charge in [-0.3, -0.25) is 0 Å². The second-order valence-corrected chi connectivity index (χ2v) is 5.64. The van der Waals surface area contributed by atoms with Gasteiger partial charge in [-0.2, -0.15) is 0 Å². The van der Waals surface area contributed by atoms with E-state index < -0.39 is 0 Å². The fourth-order valence-corrected chi connectivity index (χ4v) is 2.76. The molecule has 1 aliphatic carbocycles. The van der Waals surface area contributed by atoms with Crippen molar-refractivity contribution in [2.24, 2.45) is 5.92 Å². The molecule has 0 amide bonds. The first-order valence-corrected chi connectivity index (χ1v) is 7.19. The lowest BCUT2D eigenvalue weighted by molar-refractivity contribution is 0.243. The Hall–Kier alpha value is -1.18. The van der Waals surface area contributed by atoms with Crippen LogP contribution in [0.5, 0.6) is 5.75 Å². The van der Waals surface area contributed by atoms with E-state index in [1.165, 1.54) is 25.7 Å². The van der Waals surface area contributed by atoms with Crippen LogP contribution in [0.2, 0.25) is 0 Å². The van der Waals surface area contributed by atoms with Crippen molar-refractivity contribution in [3.8, 4) is 5.75 Å². The summed E-state index contributed by atoms with van der Waals surface area (Å²) in [6, 6.07) is 8.79. The summed E-state index contributed by atoms with van der Waals surface area (Å²) in [5, 5.41) is 3.63. The van der Waals surface area contributed by atoms with Crippen LogP contribution in [-0.2, 0) is 0 Å². The number of hydrogen-bond acceptors (Lipinski definition) is 2. The molecule has 1 N–H and O–H groups in total. The highest BCUT2D eigenvalue weighted by Gasteiger charge is 2.22. The molecule has 1 unspecified atom stereocenters. The van der Waals surface area contributed by atoms with Gasteiger partial charge in [-0.15, -0.1) is 0 Å². The van der Waals surface area contributed by atoms with Crippen molar-refractivity contribution in [3.63, 3.8) is 0 Å². The van der Waals surface area contributed by atoms with E-state index in [1.807, 2.05) is 12.1 Å². The average molecular weight is 247 g/mol. The molecule has 0 saturated heterocycles. The number of rotatable bonds is 5. The fourth-order valence-electron chi connectivity index (χ4n) is 2.76. The van der Waals surface area contributed by atoms with Crippen LogP contribution >= 0.6 is 0 Å². The van der Waals surface area contributed by atoms with E-state index in [9.17, 15) is 0 Å². The maximum atomic E-state index is 5.85. The van der Waals surface area contributed by atoms with Gasteiger partial charge in [0.05, 0.1) is 11.8 Å². The standard InChI is InChI=1S/C16H25NO/c1-12(2)18-16-11-7-6-10-15(16)17-13(3)14-8-4-5-9-14/h6-7,10-14,17H,4-5,8-9H2,1-3H3. The molecule has 0 bridgehead atoms. The Morgan fingerprint density at radius 2 is 1.78 bits per heavy atom. The first kappa shape index (κ1) is 13.3. The van der Waals surface area contributed by atoms with Crippen molar-refractivity contribution in [2.75, 3.05) is 5.32 Å². The van der Waals surface area contributed by atoms with Crippen LogP contribution in [0.1, 0.15) is 46.5 Å². The SMILES string of the molecule is CC(C)Oc1ccccc1NC(C)C1CCCC1. The largest absolute Gasteiger partial charge is 0.489 e. The van der Waals surface area contributed by atoms with Gasteiger partial charge in [-0.1, -0.05) is 25.0 Å². The maximum absolute atomic E-state index is 5.85. The lowest BCUT2D eigenvalue weighted by Crippen LogP contribution is -2.24. The third kappa shape index (κ3) is 3.41. The molecule has 1 aromatic carbocycles. The van der Waals surface area contributed by atoms with Crippen molar-refractivity contribution in [1.82, 2.24) is 0 Å². The number of ether oxygens (including phenoxy) is 1. The molecule has 0 aliphatic heterocycles. The van der Waals surface area contributed by atoms with Gasteiger partial charge in [0.25, 0.3) is 0 Å². The summed E-state index contributed by atoms with van der Waals surface area (Å²) in [7, 11) is 0. The zero-order valence-corrected chi connectivity index (χ0v) is 11.8. The third-order valence-corrected chi connectivity index (χ3v) is 3.74. The molecule has 18 heavy (non-hydrogen) atoms. The lowest BCUT2D eigenvalue weighted by Gasteiger charge is -2.23. The summed E-state index contributed by atoms with van der Waals surface area (Å²) >= 11 is 0. The van der Waals surface area contributed by atoms with Crippen LogP contribution in [0.15, 0.2) is 24.3 Å².